The Kier molecular flexibility index (Phi) is 4.26. The van der Waals surface area contributed by atoms with E-state index in [1.807, 2.05) is 35.8 Å². The van der Waals surface area contributed by atoms with Crippen molar-refractivity contribution >= 4 is 34.8 Å². The maximum atomic E-state index is 13.1. The SMILES string of the molecule is Cc1nc2ccccc2n1Cc1nnc(/C=C/c2ccc(F)cc2Cl)o1. The van der Waals surface area contributed by atoms with Crippen LogP contribution in [0.15, 0.2) is 46.9 Å². The van der Waals surface area contributed by atoms with Crippen molar-refractivity contribution in [2.75, 3.05) is 0 Å². The summed E-state index contributed by atoms with van der Waals surface area (Å²) in [6, 6.07) is 12.1. The molecule has 0 spiro atoms. The van der Waals surface area contributed by atoms with Gasteiger partial charge in [-0.15, -0.1) is 10.2 Å². The van der Waals surface area contributed by atoms with Crippen LogP contribution in [0.25, 0.3) is 23.2 Å². The summed E-state index contributed by atoms with van der Waals surface area (Å²) in [5.41, 5.74) is 2.61. The summed E-state index contributed by atoms with van der Waals surface area (Å²) in [6.07, 6.45) is 3.35. The molecular formula is C19H14ClFN4O. The van der Waals surface area contributed by atoms with Gasteiger partial charge in [0.15, 0.2) is 0 Å². The third-order valence-corrected chi connectivity index (χ3v) is 4.32. The summed E-state index contributed by atoms with van der Waals surface area (Å²) in [6.45, 7) is 2.37. The van der Waals surface area contributed by atoms with Crippen molar-refractivity contribution in [3.8, 4) is 0 Å². The van der Waals surface area contributed by atoms with Crippen LogP contribution < -0.4 is 0 Å². The predicted molar refractivity (Wildman–Crippen MR) is 98.2 cm³/mol. The number of aryl methyl sites for hydroxylation is 1. The van der Waals surface area contributed by atoms with Crippen LogP contribution in [0.5, 0.6) is 0 Å². The second kappa shape index (κ2) is 6.72. The van der Waals surface area contributed by atoms with Crippen LogP contribution in [-0.4, -0.2) is 19.7 Å². The molecule has 0 amide bonds. The van der Waals surface area contributed by atoms with E-state index in [4.69, 9.17) is 16.0 Å². The fourth-order valence-electron chi connectivity index (χ4n) is 2.73. The number of imidazole rings is 1. The molecule has 0 radical (unpaired) electrons. The number of rotatable bonds is 4. The first kappa shape index (κ1) is 16.5. The summed E-state index contributed by atoms with van der Waals surface area (Å²) in [7, 11) is 0. The van der Waals surface area contributed by atoms with Crippen molar-refractivity contribution in [2.45, 2.75) is 13.5 Å². The van der Waals surface area contributed by atoms with Gasteiger partial charge in [-0.25, -0.2) is 9.37 Å². The molecule has 0 aliphatic carbocycles. The van der Waals surface area contributed by atoms with Crippen LogP contribution in [0.1, 0.15) is 23.2 Å². The smallest absolute Gasteiger partial charge is 0.240 e. The van der Waals surface area contributed by atoms with E-state index in [0.29, 0.717) is 28.9 Å². The van der Waals surface area contributed by atoms with Gasteiger partial charge in [0, 0.05) is 6.08 Å². The summed E-state index contributed by atoms with van der Waals surface area (Å²) >= 11 is 6.00. The van der Waals surface area contributed by atoms with E-state index < -0.39 is 0 Å². The highest BCUT2D eigenvalue weighted by molar-refractivity contribution is 6.32. The van der Waals surface area contributed by atoms with Crippen LogP contribution in [0, 0.1) is 12.7 Å². The van der Waals surface area contributed by atoms with Crippen LogP contribution in [0.4, 0.5) is 4.39 Å². The van der Waals surface area contributed by atoms with Gasteiger partial charge < -0.3 is 8.98 Å². The van der Waals surface area contributed by atoms with E-state index in [9.17, 15) is 4.39 Å². The van der Waals surface area contributed by atoms with E-state index in [1.165, 1.54) is 12.1 Å². The van der Waals surface area contributed by atoms with Crippen molar-refractivity contribution in [3.05, 3.63) is 76.5 Å². The molecule has 0 unspecified atom stereocenters. The summed E-state index contributed by atoms with van der Waals surface area (Å²) in [4.78, 5) is 4.52. The van der Waals surface area contributed by atoms with Gasteiger partial charge in [0.2, 0.25) is 11.8 Å². The molecule has 4 rings (SSSR count). The lowest BCUT2D eigenvalue weighted by Gasteiger charge is -2.02. The number of benzene rings is 2. The molecule has 4 aromatic rings. The summed E-state index contributed by atoms with van der Waals surface area (Å²) in [5.74, 6) is 1.32. The second-order valence-electron chi connectivity index (χ2n) is 5.77. The Bertz CT molecular complexity index is 1120. The molecule has 0 fully saturated rings. The molecule has 2 aromatic heterocycles. The van der Waals surface area contributed by atoms with Gasteiger partial charge in [0.25, 0.3) is 0 Å². The molecule has 0 bridgehead atoms. The molecule has 0 aliphatic heterocycles. The molecule has 2 heterocycles. The summed E-state index contributed by atoms with van der Waals surface area (Å²) < 4.78 is 20.8. The number of para-hydroxylation sites is 2. The maximum Gasteiger partial charge on any atom is 0.240 e. The molecule has 0 atom stereocenters. The summed E-state index contributed by atoms with van der Waals surface area (Å²) in [5, 5.41) is 8.41. The van der Waals surface area contributed by atoms with Crippen molar-refractivity contribution < 1.29 is 8.81 Å². The van der Waals surface area contributed by atoms with Crippen LogP contribution in [0.3, 0.4) is 0 Å². The number of hydrogen-bond donors (Lipinski definition) is 0. The molecular weight excluding hydrogens is 355 g/mol. The highest BCUT2D eigenvalue weighted by Crippen LogP contribution is 2.20. The van der Waals surface area contributed by atoms with E-state index in [0.717, 1.165) is 16.9 Å². The number of aromatic nitrogens is 4. The Hall–Kier alpha value is -2.99. The standard InChI is InChI=1S/C19H14ClFN4O/c1-12-22-16-4-2-3-5-17(16)25(12)11-19-24-23-18(26-19)9-7-13-6-8-14(21)10-15(13)20/h2-10H,11H2,1H3/b9-7+. The lowest BCUT2D eigenvalue weighted by atomic mass is 10.2. The lowest BCUT2D eigenvalue weighted by Crippen LogP contribution is -2.02. The molecule has 0 N–H and O–H groups in total. The fraction of sp³-hybridized carbons (Fsp3) is 0.105. The molecule has 0 aliphatic rings. The topological polar surface area (TPSA) is 56.7 Å². The fourth-order valence-corrected chi connectivity index (χ4v) is 2.96. The van der Waals surface area contributed by atoms with Gasteiger partial charge in [-0.05, 0) is 42.8 Å². The van der Waals surface area contributed by atoms with Crippen molar-refractivity contribution in [1.82, 2.24) is 19.7 Å². The lowest BCUT2D eigenvalue weighted by molar-refractivity contribution is 0.471. The van der Waals surface area contributed by atoms with Crippen molar-refractivity contribution in [3.63, 3.8) is 0 Å². The molecule has 2 aromatic carbocycles. The van der Waals surface area contributed by atoms with Gasteiger partial charge >= 0.3 is 0 Å². The predicted octanol–water partition coefficient (Wildman–Crippen LogP) is 4.74. The monoisotopic (exact) mass is 368 g/mol. The maximum absolute atomic E-state index is 13.1. The molecule has 0 saturated carbocycles. The Labute approximate surface area is 153 Å². The normalized spacial score (nSPS) is 11.7. The minimum Gasteiger partial charge on any atom is -0.419 e. The Morgan fingerprint density at radius 3 is 2.85 bits per heavy atom. The van der Waals surface area contributed by atoms with E-state index in [-0.39, 0.29) is 5.82 Å². The Morgan fingerprint density at radius 2 is 2.00 bits per heavy atom. The minimum atomic E-state index is -0.379. The molecule has 0 saturated heterocycles. The highest BCUT2D eigenvalue weighted by Gasteiger charge is 2.11. The van der Waals surface area contributed by atoms with Crippen molar-refractivity contribution in [1.29, 1.82) is 0 Å². The van der Waals surface area contributed by atoms with E-state index in [1.54, 1.807) is 18.2 Å². The van der Waals surface area contributed by atoms with Gasteiger partial charge in [-0.3, -0.25) is 0 Å². The first-order valence-electron chi connectivity index (χ1n) is 7.97. The zero-order valence-electron chi connectivity index (χ0n) is 13.9. The molecule has 7 heteroatoms. The first-order chi connectivity index (χ1) is 12.6. The average molecular weight is 369 g/mol. The van der Waals surface area contributed by atoms with Crippen LogP contribution in [0.2, 0.25) is 5.02 Å². The van der Waals surface area contributed by atoms with Crippen LogP contribution >= 0.6 is 11.6 Å². The van der Waals surface area contributed by atoms with Crippen LogP contribution in [-0.2, 0) is 6.54 Å². The van der Waals surface area contributed by atoms with E-state index in [2.05, 4.69) is 15.2 Å². The third-order valence-electron chi connectivity index (χ3n) is 3.99. The van der Waals surface area contributed by atoms with Gasteiger partial charge in [-0.2, -0.15) is 0 Å². The zero-order valence-corrected chi connectivity index (χ0v) is 14.6. The largest absolute Gasteiger partial charge is 0.419 e. The van der Waals surface area contributed by atoms with Gasteiger partial charge in [0.05, 0.1) is 16.1 Å². The molecule has 130 valence electrons. The number of halogens is 2. The molecule has 5 nitrogen and oxygen atoms in total. The number of nitrogens with zero attached hydrogens (tertiary/aromatic N) is 4. The van der Waals surface area contributed by atoms with Gasteiger partial charge in [0.1, 0.15) is 18.2 Å². The zero-order chi connectivity index (χ0) is 18.1. The average Bonchev–Trinajstić information content (AvgIpc) is 3.19. The minimum absolute atomic E-state index is 0.321. The third kappa shape index (κ3) is 3.23. The van der Waals surface area contributed by atoms with E-state index >= 15 is 0 Å². The second-order valence-corrected chi connectivity index (χ2v) is 6.17. The molecule has 26 heavy (non-hydrogen) atoms. The number of fused-ring (bicyclic) bond motifs is 1. The quantitative estimate of drug-likeness (QED) is 0.522. The Balaban J connectivity index is 1.56. The first-order valence-corrected chi connectivity index (χ1v) is 8.35. The highest BCUT2D eigenvalue weighted by atomic mass is 35.5. The van der Waals surface area contributed by atoms with Gasteiger partial charge in [-0.1, -0.05) is 29.8 Å². The van der Waals surface area contributed by atoms with Crippen molar-refractivity contribution in [2.24, 2.45) is 0 Å². The number of hydrogen-bond acceptors (Lipinski definition) is 4. The Morgan fingerprint density at radius 1 is 1.15 bits per heavy atom.